The number of hydrogen-bond acceptors (Lipinski definition) is 4. The van der Waals surface area contributed by atoms with Gasteiger partial charge in [-0.2, -0.15) is 0 Å². The molecule has 0 radical (unpaired) electrons. The number of benzene rings is 1. The van der Waals surface area contributed by atoms with E-state index >= 15 is 0 Å². The molecule has 5 nitrogen and oxygen atoms in total. The van der Waals surface area contributed by atoms with Crippen LogP contribution in [0.5, 0.6) is 5.75 Å². The van der Waals surface area contributed by atoms with Crippen LogP contribution in [-0.2, 0) is 4.79 Å². The number of nitrogens with one attached hydrogen (secondary N) is 1. The first-order valence-corrected chi connectivity index (χ1v) is 6.51. The van der Waals surface area contributed by atoms with Crippen molar-refractivity contribution in [3.8, 4) is 5.75 Å². The first kappa shape index (κ1) is 14.3. The number of thiocarbonyl (C=S) groups is 1. The van der Waals surface area contributed by atoms with Crippen molar-refractivity contribution in [3.63, 3.8) is 0 Å². The van der Waals surface area contributed by atoms with Crippen molar-refractivity contribution in [2.75, 3.05) is 33.2 Å². The van der Waals surface area contributed by atoms with Crippen molar-refractivity contribution < 1.29 is 9.53 Å². The van der Waals surface area contributed by atoms with E-state index < -0.39 is 0 Å². The molecule has 1 N–H and O–H groups in total. The highest BCUT2D eigenvalue weighted by Crippen LogP contribution is 2.27. The lowest BCUT2D eigenvalue weighted by atomic mass is 10.1. The van der Waals surface area contributed by atoms with Gasteiger partial charge in [0.05, 0.1) is 7.11 Å². The smallest absolute Gasteiger partial charge is 0.276 e. The van der Waals surface area contributed by atoms with Gasteiger partial charge in [-0.05, 0) is 30.4 Å². The number of nitrogens with zero attached hydrogens (tertiary/aromatic N) is 2. The molecule has 1 saturated heterocycles. The van der Waals surface area contributed by atoms with Gasteiger partial charge in [0.1, 0.15) is 11.4 Å². The van der Waals surface area contributed by atoms with Gasteiger partial charge in [-0.25, -0.2) is 0 Å². The van der Waals surface area contributed by atoms with Crippen LogP contribution in [0.15, 0.2) is 23.9 Å². The number of ether oxygens (including phenoxy) is 1. The number of rotatable bonds is 3. The van der Waals surface area contributed by atoms with Crippen LogP contribution in [0.2, 0.25) is 0 Å². The molecule has 0 bridgehead atoms. The number of anilines is 1. The Morgan fingerprint density at radius 1 is 1.40 bits per heavy atom. The third-order valence-electron chi connectivity index (χ3n) is 3.11. The molecule has 1 aliphatic heterocycles. The van der Waals surface area contributed by atoms with E-state index in [-0.39, 0.29) is 5.91 Å². The third kappa shape index (κ3) is 2.60. The Labute approximate surface area is 123 Å². The average molecular weight is 291 g/mol. The van der Waals surface area contributed by atoms with Crippen molar-refractivity contribution in [2.24, 2.45) is 0 Å². The van der Waals surface area contributed by atoms with Crippen LogP contribution < -0.4 is 15.0 Å². The number of methoxy groups -OCH3 is 1. The van der Waals surface area contributed by atoms with Crippen molar-refractivity contribution in [2.45, 2.75) is 0 Å². The Balaban J connectivity index is 2.39. The van der Waals surface area contributed by atoms with E-state index in [2.05, 4.69) is 5.32 Å². The zero-order valence-electron chi connectivity index (χ0n) is 11.9. The largest absolute Gasteiger partial charge is 0.496 e. The topological polar surface area (TPSA) is 44.8 Å². The van der Waals surface area contributed by atoms with Crippen molar-refractivity contribution >= 4 is 35.0 Å². The van der Waals surface area contributed by atoms with Crippen LogP contribution >= 0.6 is 12.2 Å². The minimum atomic E-state index is -0.145. The van der Waals surface area contributed by atoms with Gasteiger partial charge in [0.15, 0.2) is 5.11 Å². The molecule has 106 valence electrons. The van der Waals surface area contributed by atoms with Crippen LogP contribution in [0.3, 0.4) is 0 Å². The van der Waals surface area contributed by atoms with E-state index in [0.29, 0.717) is 16.6 Å². The third-order valence-corrected chi connectivity index (χ3v) is 3.49. The summed E-state index contributed by atoms with van der Waals surface area (Å²) < 4.78 is 5.38. The Hall–Kier alpha value is -2.08. The minimum absolute atomic E-state index is 0.145. The number of carbonyl (C=O) groups is 1. The zero-order chi connectivity index (χ0) is 14.9. The SMILES string of the molecule is COc1cc(N(C)C)ccc1C=C1NC(=S)N(C)C1=O. The van der Waals surface area contributed by atoms with Crippen LogP contribution in [-0.4, -0.2) is 44.2 Å². The maximum absolute atomic E-state index is 12.0. The molecule has 2 rings (SSSR count). The molecule has 1 aromatic rings. The minimum Gasteiger partial charge on any atom is -0.496 e. The molecule has 20 heavy (non-hydrogen) atoms. The normalized spacial score (nSPS) is 16.6. The van der Waals surface area contributed by atoms with Crippen molar-refractivity contribution in [1.82, 2.24) is 10.2 Å². The van der Waals surface area contributed by atoms with Gasteiger partial charge in [0, 0.05) is 38.5 Å². The van der Waals surface area contributed by atoms with E-state index in [0.717, 1.165) is 11.3 Å². The van der Waals surface area contributed by atoms with Gasteiger partial charge >= 0.3 is 0 Å². The molecule has 0 aromatic heterocycles. The fraction of sp³-hybridized carbons (Fsp3) is 0.286. The van der Waals surface area contributed by atoms with Crippen LogP contribution in [0, 0.1) is 0 Å². The average Bonchev–Trinajstić information content (AvgIpc) is 2.66. The molecule has 1 heterocycles. The fourth-order valence-corrected chi connectivity index (χ4v) is 2.07. The van der Waals surface area contributed by atoms with Gasteiger partial charge in [0.25, 0.3) is 5.91 Å². The van der Waals surface area contributed by atoms with Gasteiger partial charge < -0.3 is 15.0 Å². The molecule has 1 aromatic carbocycles. The first-order chi connectivity index (χ1) is 9.43. The summed E-state index contributed by atoms with van der Waals surface area (Å²) in [5.74, 6) is 0.563. The molecule has 1 aliphatic rings. The number of hydrogen-bond donors (Lipinski definition) is 1. The molecular formula is C14H17N3O2S. The molecule has 1 amide bonds. The van der Waals surface area contributed by atoms with Gasteiger partial charge in [-0.15, -0.1) is 0 Å². The fourth-order valence-electron chi connectivity index (χ4n) is 1.88. The molecule has 0 aliphatic carbocycles. The number of carbonyl (C=O) groups excluding carboxylic acids is 1. The quantitative estimate of drug-likeness (QED) is 0.674. The van der Waals surface area contributed by atoms with E-state index in [4.69, 9.17) is 17.0 Å². The lowest BCUT2D eigenvalue weighted by Gasteiger charge is -2.15. The number of amides is 1. The van der Waals surface area contributed by atoms with Crippen LogP contribution in [0.1, 0.15) is 5.56 Å². The summed E-state index contributed by atoms with van der Waals surface area (Å²) >= 11 is 5.04. The van der Waals surface area contributed by atoms with Gasteiger partial charge in [-0.1, -0.05) is 0 Å². The van der Waals surface area contributed by atoms with E-state index in [1.54, 1.807) is 20.2 Å². The van der Waals surface area contributed by atoms with Gasteiger partial charge in [0.2, 0.25) is 0 Å². The maximum atomic E-state index is 12.0. The Kier molecular flexibility index (Phi) is 3.94. The lowest BCUT2D eigenvalue weighted by molar-refractivity contribution is -0.121. The van der Waals surface area contributed by atoms with Crippen molar-refractivity contribution in [3.05, 3.63) is 29.5 Å². The molecule has 0 unspecified atom stereocenters. The van der Waals surface area contributed by atoms with E-state index in [9.17, 15) is 4.79 Å². The van der Waals surface area contributed by atoms with Gasteiger partial charge in [-0.3, -0.25) is 9.69 Å². The summed E-state index contributed by atoms with van der Waals surface area (Å²) in [6.45, 7) is 0. The van der Waals surface area contributed by atoms with Crippen molar-refractivity contribution in [1.29, 1.82) is 0 Å². The highest BCUT2D eigenvalue weighted by atomic mass is 32.1. The van der Waals surface area contributed by atoms with Crippen LogP contribution in [0.4, 0.5) is 5.69 Å². The first-order valence-electron chi connectivity index (χ1n) is 6.10. The maximum Gasteiger partial charge on any atom is 0.276 e. The predicted octanol–water partition coefficient (Wildman–Crippen LogP) is 1.45. The summed E-state index contributed by atoms with van der Waals surface area (Å²) in [6.07, 6.45) is 1.75. The second kappa shape index (κ2) is 5.50. The summed E-state index contributed by atoms with van der Waals surface area (Å²) in [4.78, 5) is 15.3. The Morgan fingerprint density at radius 3 is 2.60 bits per heavy atom. The van der Waals surface area contributed by atoms with Crippen LogP contribution in [0.25, 0.3) is 6.08 Å². The lowest BCUT2D eigenvalue weighted by Crippen LogP contribution is -2.25. The Bertz CT molecular complexity index is 596. The summed E-state index contributed by atoms with van der Waals surface area (Å²) in [6, 6.07) is 5.81. The monoisotopic (exact) mass is 291 g/mol. The van der Waals surface area contributed by atoms with E-state index in [1.165, 1.54) is 4.90 Å². The zero-order valence-corrected chi connectivity index (χ0v) is 12.7. The molecular weight excluding hydrogens is 274 g/mol. The van der Waals surface area contributed by atoms with E-state index in [1.807, 2.05) is 37.2 Å². The Morgan fingerprint density at radius 2 is 2.10 bits per heavy atom. The molecule has 0 spiro atoms. The summed E-state index contributed by atoms with van der Waals surface area (Å²) in [7, 11) is 7.17. The summed E-state index contributed by atoms with van der Waals surface area (Å²) in [5, 5.41) is 3.30. The second-order valence-corrected chi connectivity index (χ2v) is 5.06. The highest BCUT2D eigenvalue weighted by molar-refractivity contribution is 7.80. The molecule has 0 saturated carbocycles. The molecule has 1 fully saturated rings. The second-order valence-electron chi connectivity index (χ2n) is 4.67. The standard InChI is InChI=1S/C14H17N3O2S/c1-16(2)10-6-5-9(12(8-10)19-4)7-11-13(18)17(3)14(20)15-11/h5-8H,1-4H3,(H,15,20). The molecule has 6 heteroatoms. The predicted molar refractivity (Wildman–Crippen MR) is 83.8 cm³/mol. The summed E-state index contributed by atoms with van der Waals surface area (Å²) in [5.41, 5.74) is 2.31. The number of likely N-dealkylation sites (N-methyl/N-ethyl adjacent to an activating group) is 1. The highest BCUT2D eigenvalue weighted by Gasteiger charge is 2.27. The molecule has 0 atom stereocenters.